The third-order valence-corrected chi connectivity index (χ3v) is 4.77. The summed E-state index contributed by atoms with van der Waals surface area (Å²) in [5.74, 6) is 0.432. The van der Waals surface area contributed by atoms with Crippen LogP contribution in [0.2, 0.25) is 0 Å². The molecule has 3 heterocycles. The maximum Gasteiger partial charge on any atom is 0.359 e. The van der Waals surface area contributed by atoms with E-state index in [9.17, 15) is 4.79 Å². The molecule has 0 saturated heterocycles. The lowest BCUT2D eigenvalue weighted by molar-refractivity contribution is 0.0515. The van der Waals surface area contributed by atoms with Gasteiger partial charge in [0, 0.05) is 55.6 Å². The van der Waals surface area contributed by atoms with E-state index >= 15 is 0 Å². The normalized spacial score (nSPS) is 17.7. The second-order valence-electron chi connectivity index (χ2n) is 6.69. The number of fused-ring (bicyclic) bond motifs is 1. The van der Waals surface area contributed by atoms with Crippen LogP contribution in [0.15, 0.2) is 12.4 Å². The molecule has 1 N–H and O–H groups in total. The highest BCUT2D eigenvalue weighted by Gasteiger charge is 2.31. The Morgan fingerprint density at radius 3 is 3.04 bits per heavy atom. The van der Waals surface area contributed by atoms with E-state index < -0.39 is 0 Å². The van der Waals surface area contributed by atoms with Gasteiger partial charge in [0.25, 0.3) is 0 Å². The Morgan fingerprint density at radius 1 is 1.46 bits per heavy atom. The molecule has 1 fully saturated rings. The second kappa shape index (κ2) is 6.39. The summed E-state index contributed by atoms with van der Waals surface area (Å²) in [5, 5.41) is 11.5. The molecule has 0 unspecified atom stereocenters. The van der Waals surface area contributed by atoms with E-state index in [1.807, 2.05) is 19.3 Å². The first-order valence-corrected chi connectivity index (χ1v) is 8.70. The molecule has 2 aromatic rings. The Hall–Kier alpha value is -2.15. The second-order valence-corrected chi connectivity index (χ2v) is 6.69. The molecule has 0 radical (unpaired) electrons. The summed E-state index contributed by atoms with van der Waals surface area (Å²) in [7, 11) is 0. The van der Waals surface area contributed by atoms with Crippen molar-refractivity contribution in [1.82, 2.24) is 24.9 Å². The number of carbonyl (C=O) groups is 1. The lowest BCUT2D eigenvalue weighted by atomic mass is 10.0. The molecule has 7 heteroatoms. The summed E-state index contributed by atoms with van der Waals surface area (Å²) in [4.78, 5) is 14.7. The van der Waals surface area contributed by atoms with Crippen LogP contribution in [0.3, 0.4) is 0 Å². The van der Waals surface area contributed by atoms with Gasteiger partial charge in [-0.3, -0.25) is 14.7 Å². The number of carbonyl (C=O) groups excluding carboxylic acids is 1. The average molecular weight is 329 g/mol. The van der Waals surface area contributed by atoms with Crippen molar-refractivity contribution in [3.63, 3.8) is 0 Å². The zero-order valence-electron chi connectivity index (χ0n) is 14.0. The number of esters is 1. The summed E-state index contributed by atoms with van der Waals surface area (Å²) in [6, 6.07) is 0. The maximum atomic E-state index is 12.3. The van der Waals surface area contributed by atoms with Crippen molar-refractivity contribution in [2.24, 2.45) is 5.92 Å². The minimum absolute atomic E-state index is 0.298. The van der Waals surface area contributed by atoms with Gasteiger partial charge in [-0.15, -0.1) is 0 Å². The van der Waals surface area contributed by atoms with Gasteiger partial charge >= 0.3 is 5.97 Å². The summed E-state index contributed by atoms with van der Waals surface area (Å²) < 4.78 is 7.28. The zero-order valence-corrected chi connectivity index (χ0v) is 14.0. The molecule has 0 amide bonds. The molecule has 2 aliphatic rings. The van der Waals surface area contributed by atoms with E-state index in [-0.39, 0.29) is 5.97 Å². The first kappa shape index (κ1) is 15.4. The first-order valence-electron chi connectivity index (χ1n) is 8.70. The number of hydrogen-bond donors (Lipinski definition) is 1. The first-order chi connectivity index (χ1) is 11.7. The van der Waals surface area contributed by atoms with Gasteiger partial charge in [0.2, 0.25) is 0 Å². The molecule has 1 aliphatic carbocycles. The fraction of sp³-hybridized carbons (Fsp3) is 0.588. The molecule has 0 aromatic carbocycles. The number of aromatic amines is 1. The van der Waals surface area contributed by atoms with E-state index in [2.05, 4.69) is 24.9 Å². The molecule has 7 nitrogen and oxygen atoms in total. The van der Waals surface area contributed by atoms with Crippen molar-refractivity contribution in [3.05, 3.63) is 34.9 Å². The summed E-state index contributed by atoms with van der Waals surface area (Å²) in [5.41, 5.74) is 3.92. The van der Waals surface area contributed by atoms with Crippen LogP contribution in [0.1, 0.15) is 47.1 Å². The van der Waals surface area contributed by atoms with E-state index in [1.54, 1.807) is 0 Å². The molecule has 0 spiro atoms. The van der Waals surface area contributed by atoms with Gasteiger partial charge in [0.05, 0.1) is 12.8 Å². The minimum Gasteiger partial charge on any atom is -0.461 e. The van der Waals surface area contributed by atoms with Crippen LogP contribution >= 0.6 is 0 Å². The SMILES string of the molecule is CCOC(=O)c1nn(CC2CC2)c2c1CN(Cc1cn[nH]c1)CC2. The molecule has 0 atom stereocenters. The van der Waals surface area contributed by atoms with E-state index in [1.165, 1.54) is 18.5 Å². The van der Waals surface area contributed by atoms with Crippen LogP contribution in [0, 0.1) is 5.92 Å². The van der Waals surface area contributed by atoms with Crippen molar-refractivity contribution in [1.29, 1.82) is 0 Å². The Bertz CT molecular complexity index is 718. The van der Waals surface area contributed by atoms with Crippen LogP contribution in [-0.4, -0.2) is 44.0 Å². The summed E-state index contributed by atoms with van der Waals surface area (Å²) in [6.07, 6.45) is 7.23. The Morgan fingerprint density at radius 2 is 2.33 bits per heavy atom. The van der Waals surface area contributed by atoms with Crippen molar-refractivity contribution >= 4 is 5.97 Å². The molecule has 4 rings (SSSR count). The third kappa shape index (κ3) is 3.08. The smallest absolute Gasteiger partial charge is 0.359 e. The summed E-state index contributed by atoms with van der Waals surface area (Å²) in [6.45, 7) is 5.67. The number of nitrogens with one attached hydrogen (secondary N) is 1. The predicted octanol–water partition coefficient (Wildman–Crippen LogP) is 1.75. The summed E-state index contributed by atoms with van der Waals surface area (Å²) >= 11 is 0. The van der Waals surface area contributed by atoms with E-state index in [0.29, 0.717) is 12.3 Å². The Kier molecular flexibility index (Phi) is 4.10. The molecule has 1 aliphatic heterocycles. The molecule has 128 valence electrons. The topological polar surface area (TPSA) is 76.0 Å². The van der Waals surface area contributed by atoms with Crippen LogP contribution < -0.4 is 0 Å². The number of aromatic nitrogens is 4. The Labute approximate surface area is 141 Å². The van der Waals surface area contributed by atoms with Gasteiger partial charge in [-0.1, -0.05) is 0 Å². The van der Waals surface area contributed by atoms with Crippen molar-refractivity contribution in [2.75, 3.05) is 13.2 Å². The molecule has 1 saturated carbocycles. The van der Waals surface area contributed by atoms with E-state index in [0.717, 1.165) is 49.6 Å². The van der Waals surface area contributed by atoms with E-state index in [4.69, 9.17) is 4.74 Å². The highest BCUT2D eigenvalue weighted by molar-refractivity contribution is 5.89. The lowest BCUT2D eigenvalue weighted by Crippen LogP contribution is -2.31. The van der Waals surface area contributed by atoms with Gasteiger partial charge in [0.15, 0.2) is 5.69 Å². The number of H-pyrrole nitrogens is 1. The van der Waals surface area contributed by atoms with Crippen LogP contribution in [0.25, 0.3) is 0 Å². The average Bonchev–Trinajstić information content (AvgIpc) is 3.11. The predicted molar refractivity (Wildman–Crippen MR) is 87.3 cm³/mol. The fourth-order valence-electron chi connectivity index (χ4n) is 3.36. The molecule has 24 heavy (non-hydrogen) atoms. The van der Waals surface area contributed by atoms with Gasteiger partial charge in [-0.05, 0) is 25.7 Å². The van der Waals surface area contributed by atoms with Crippen LogP contribution in [0.5, 0.6) is 0 Å². The van der Waals surface area contributed by atoms with Crippen LogP contribution in [-0.2, 0) is 30.8 Å². The molecule has 2 aromatic heterocycles. The number of hydrogen-bond acceptors (Lipinski definition) is 5. The Balaban J connectivity index is 1.58. The number of nitrogens with zero attached hydrogens (tertiary/aromatic N) is 4. The highest BCUT2D eigenvalue weighted by Crippen LogP contribution is 2.33. The minimum atomic E-state index is -0.298. The largest absolute Gasteiger partial charge is 0.461 e. The lowest BCUT2D eigenvalue weighted by Gasteiger charge is -2.27. The molecular formula is C17H23N5O2. The van der Waals surface area contributed by atoms with Crippen molar-refractivity contribution < 1.29 is 9.53 Å². The van der Waals surface area contributed by atoms with Gasteiger partial charge in [-0.25, -0.2) is 4.79 Å². The van der Waals surface area contributed by atoms with Crippen molar-refractivity contribution in [2.45, 2.75) is 45.8 Å². The zero-order chi connectivity index (χ0) is 16.5. The molecular weight excluding hydrogens is 306 g/mol. The third-order valence-electron chi connectivity index (χ3n) is 4.77. The fourth-order valence-corrected chi connectivity index (χ4v) is 3.36. The van der Waals surface area contributed by atoms with Gasteiger partial charge < -0.3 is 4.74 Å². The monoisotopic (exact) mass is 329 g/mol. The number of rotatable bonds is 6. The quantitative estimate of drug-likeness (QED) is 0.817. The van der Waals surface area contributed by atoms with Crippen molar-refractivity contribution in [3.8, 4) is 0 Å². The number of ether oxygens (including phenoxy) is 1. The molecule has 0 bridgehead atoms. The van der Waals surface area contributed by atoms with Crippen LogP contribution in [0.4, 0.5) is 0 Å². The van der Waals surface area contributed by atoms with Gasteiger partial charge in [0.1, 0.15) is 0 Å². The van der Waals surface area contributed by atoms with Gasteiger partial charge in [-0.2, -0.15) is 10.2 Å². The maximum absolute atomic E-state index is 12.3. The highest BCUT2D eigenvalue weighted by atomic mass is 16.5. The standard InChI is InChI=1S/C17H23N5O2/c1-2-24-17(23)16-14-11-21(9-13-7-18-19-8-13)6-5-15(14)22(20-16)10-12-3-4-12/h7-8,12H,2-6,9-11H2,1H3,(H,18,19).